The summed E-state index contributed by atoms with van der Waals surface area (Å²) >= 11 is 0. The lowest BCUT2D eigenvalue weighted by Gasteiger charge is -2.14. The molecule has 3 rings (SSSR count). The second kappa shape index (κ2) is 8.54. The van der Waals surface area contributed by atoms with Crippen molar-refractivity contribution >= 4 is 23.1 Å². The van der Waals surface area contributed by atoms with Crippen LogP contribution in [0.4, 0.5) is 23.1 Å². The molecular formula is C22H26N4O. The quantitative estimate of drug-likeness (QED) is 0.550. The summed E-state index contributed by atoms with van der Waals surface area (Å²) in [6.07, 6.45) is 1.90. The molecule has 1 aromatic heterocycles. The molecule has 0 saturated heterocycles. The van der Waals surface area contributed by atoms with Crippen LogP contribution in [0, 0.1) is 0 Å². The smallest absolute Gasteiger partial charge is 0.229 e. The minimum atomic E-state index is 0.160. The normalized spacial score (nSPS) is 10.9. The van der Waals surface area contributed by atoms with Gasteiger partial charge in [0.1, 0.15) is 11.6 Å². The van der Waals surface area contributed by atoms with E-state index in [4.69, 9.17) is 4.74 Å². The Morgan fingerprint density at radius 3 is 2.30 bits per heavy atom. The van der Waals surface area contributed by atoms with Gasteiger partial charge in [0.25, 0.3) is 0 Å². The standard InChI is InChI=1S/C22H26N4O/c1-15(2)19-7-5-6-8-20(19)25-22-23-14-13-21(26-22)24-17-9-11-18(12-10-17)27-16(3)4/h5-16H,1-4H3,(H2,23,24,25,26). The van der Waals surface area contributed by atoms with Crippen LogP contribution in [0.15, 0.2) is 60.8 Å². The maximum absolute atomic E-state index is 5.67. The van der Waals surface area contributed by atoms with Gasteiger partial charge in [0.05, 0.1) is 6.10 Å². The van der Waals surface area contributed by atoms with Crippen molar-refractivity contribution in [2.24, 2.45) is 0 Å². The topological polar surface area (TPSA) is 59.1 Å². The SMILES string of the molecule is CC(C)Oc1ccc(Nc2ccnc(Nc3ccccc3C(C)C)n2)cc1. The summed E-state index contributed by atoms with van der Waals surface area (Å²) < 4.78 is 5.67. The van der Waals surface area contributed by atoms with E-state index in [0.29, 0.717) is 11.9 Å². The Labute approximate surface area is 160 Å². The van der Waals surface area contributed by atoms with E-state index in [1.54, 1.807) is 6.20 Å². The largest absolute Gasteiger partial charge is 0.491 e. The minimum Gasteiger partial charge on any atom is -0.491 e. The van der Waals surface area contributed by atoms with Crippen molar-refractivity contribution in [2.45, 2.75) is 39.7 Å². The molecule has 0 bridgehead atoms. The fraction of sp³-hybridized carbons (Fsp3) is 0.273. The van der Waals surface area contributed by atoms with Crippen molar-refractivity contribution in [3.63, 3.8) is 0 Å². The van der Waals surface area contributed by atoms with Gasteiger partial charge in [0, 0.05) is 17.6 Å². The van der Waals surface area contributed by atoms with Crippen LogP contribution in [0.3, 0.4) is 0 Å². The predicted molar refractivity (Wildman–Crippen MR) is 111 cm³/mol. The molecule has 140 valence electrons. The van der Waals surface area contributed by atoms with Gasteiger partial charge in [-0.05, 0) is 61.7 Å². The Morgan fingerprint density at radius 1 is 0.852 bits per heavy atom. The Hall–Kier alpha value is -3.08. The molecule has 0 aliphatic carbocycles. The van der Waals surface area contributed by atoms with Gasteiger partial charge in [0.2, 0.25) is 5.95 Å². The molecule has 0 saturated carbocycles. The van der Waals surface area contributed by atoms with Crippen LogP contribution in [-0.4, -0.2) is 16.1 Å². The maximum atomic E-state index is 5.67. The molecule has 1 heterocycles. The first-order valence-electron chi connectivity index (χ1n) is 9.24. The highest BCUT2D eigenvalue weighted by atomic mass is 16.5. The van der Waals surface area contributed by atoms with Crippen LogP contribution in [0.1, 0.15) is 39.2 Å². The van der Waals surface area contributed by atoms with Crippen LogP contribution in [-0.2, 0) is 0 Å². The van der Waals surface area contributed by atoms with Crippen molar-refractivity contribution in [2.75, 3.05) is 10.6 Å². The second-order valence-corrected chi connectivity index (χ2v) is 6.95. The van der Waals surface area contributed by atoms with Gasteiger partial charge in [-0.2, -0.15) is 4.98 Å². The molecule has 27 heavy (non-hydrogen) atoms. The zero-order valence-electron chi connectivity index (χ0n) is 16.2. The molecule has 0 fully saturated rings. The lowest BCUT2D eigenvalue weighted by molar-refractivity contribution is 0.242. The fourth-order valence-electron chi connectivity index (χ4n) is 2.76. The van der Waals surface area contributed by atoms with Crippen LogP contribution < -0.4 is 15.4 Å². The van der Waals surface area contributed by atoms with Gasteiger partial charge in [-0.1, -0.05) is 32.0 Å². The van der Waals surface area contributed by atoms with E-state index in [-0.39, 0.29) is 6.10 Å². The molecule has 2 N–H and O–H groups in total. The molecule has 5 nitrogen and oxygen atoms in total. The Bertz CT molecular complexity index is 875. The number of ether oxygens (including phenoxy) is 1. The molecule has 0 spiro atoms. The van der Waals surface area contributed by atoms with Crippen molar-refractivity contribution < 1.29 is 4.74 Å². The van der Waals surface area contributed by atoms with Crippen molar-refractivity contribution in [1.29, 1.82) is 0 Å². The highest BCUT2D eigenvalue weighted by molar-refractivity contribution is 5.62. The van der Waals surface area contributed by atoms with E-state index in [9.17, 15) is 0 Å². The molecule has 3 aromatic rings. The van der Waals surface area contributed by atoms with Crippen molar-refractivity contribution in [1.82, 2.24) is 9.97 Å². The monoisotopic (exact) mass is 362 g/mol. The Morgan fingerprint density at radius 2 is 1.59 bits per heavy atom. The lowest BCUT2D eigenvalue weighted by atomic mass is 10.0. The van der Waals surface area contributed by atoms with E-state index in [2.05, 4.69) is 40.5 Å². The number of benzene rings is 2. The van der Waals surface area contributed by atoms with Gasteiger partial charge in [-0.3, -0.25) is 0 Å². The molecule has 0 aliphatic rings. The summed E-state index contributed by atoms with van der Waals surface area (Å²) in [6.45, 7) is 8.37. The number of para-hydroxylation sites is 1. The third kappa shape index (κ3) is 5.20. The lowest BCUT2D eigenvalue weighted by Crippen LogP contribution is -2.05. The average molecular weight is 362 g/mol. The zero-order chi connectivity index (χ0) is 19.2. The summed E-state index contributed by atoms with van der Waals surface area (Å²) in [5, 5.41) is 6.63. The summed E-state index contributed by atoms with van der Waals surface area (Å²) in [4.78, 5) is 8.91. The molecule has 0 aliphatic heterocycles. The summed E-state index contributed by atoms with van der Waals surface area (Å²) in [7, 11) is 0. The van der Waals surface area contributed by atoms with E-state index >= 15 is 0 Å². The van der Waals surface area contributed by atoms with Gasteiger partial charge in [0.15, 0.2) is 0 Å². The van der Waals surface area contributed by atoms with Gasteiger partial charge >= 0.3 is 0 Å². The number of aromatic nitrogens is 2. The van der Waals surface area contributed by atoms with E-state index in [0.717, 1.165) is 22.9 Å². The Kier molecular flexibility index (Phi) is 5.91. The third-order valence-corrected chi connectivity index (χ3v) is 3.98. The van der Waals surface area contributed by atoms with Gasteiger partial charge < -0.3 is 15.4 Å². The van der Waals surface area contributed by atoms with Gasteiger partial charge in [-0.15, -0.1) is 0 Å². The molecule has 0 amide bonds. The second-order valence-electron chi connectivity index (χ2n) is 6.95. The van der Waals surface area contributed by atoms with Crippen molar-refractivity contribution in [3.8, 4) is 5.75 Å². The van der Waals surface area contributed by atoms with E-state index in [1.165, 1.54) is 5.56 Å². The number of nitrogens with one attached hydrogen (secondary N) is 2. The summed E-state index contributed by atoms with van der Waals surface area (Å²) in [5.41, 5.74) is 3.21. The molecule has 5 heteroatoms. The first-order chi connectivity index (χ1) is 13.0. The van der Waals surface area contributed by atoms with E-state index in [1.807, 2.05) is 62.4 Å². The highest BCUT2D eigenvalue weighted by Gasteiger charge is 2.08. The summed E-state index contributed by atoms with van der Waals surface area (Å²) in [5.74, 6) is 2.56. The third-order valence-electron chi connectivity index (χ3n) is 3.98. The van der Waals surface area contributed by atoms with Gasteiger partial charge in [-0.25, -0.2) is 4.98 Å². The number of hydrogen-bond donors (Lipinski definition) is 2. The van der Waals surface area contributed by atoms with Crippen LogP contribution >= 0.6 is 0 Å². The first-order valence-corrected chi connectivity index (χ1v) is 9.24. The minimum absolute atomic E-state index is 0.160. The molecular weight excluding hydrogens is 336 g/mol. The zero-order valence-corrected chi connectivity index (χ0v) is 16.2. The number of anilines is 4. The molecule has 0 radical (unpaired) electrons. The molecule has 2 aromatic carbocycles. The van der Waals surface area contributed by atoms with E-state index < -0.39 is 0 Å². The number of rotatable bonds is 7. The highest BCUT2D eigenvalue weighted by Crippen LogP contribution is 2.26. The Balaban J connectivity index is 1.72. The predicted octanol–water partition coefficient (Wildman–Crippen LogP) is 5.87. The molecule has 0 atom stereocenters. The summed E-state index contributed by atoms with van der Waals surface area (Å²) in [6, 6.07) is 17.9. The van der Waals surface area contributed by atoms with Crippen LogP contribution in [0.25, 0.3) is 0 Å². The maximum Gasteiger partial charge on any atom is 0.229 e. The van der Waals surface area contributed by atoms with Crippen LogP contribution in [0.5, 0.6) is 5.75 Å². The average Bonchev–Trinajstić information content (AvgIpc) is 2.63. The first kappa shape index (κ1) is 18.7. The van der Waals surface area contributed by atoms with Crippen LogP contribution in [0.2, 0.25) is 0 Å². The van der Waals surface area contributed by atoms with Crippen molar-refractivity contribution in [3.05, 3.63) is 66.4 Å². The number of hydrogen-bond acceptors (Lipinski definition) is 5. The fourth-order valence-corrected chi connectivity index (χ4v) is 2.76. The molecule has 0 unspecified atom stereocenters. The number of nitrogens with zero attached hydrogens (tertiary/aromatic N) is 2.